The van der Waals surface area contributed by atoms with Crippen LogP contribution in [0, 0.1) is 5.92 Å². The van der Waals surface area contributed by atoms with Crippen LogP contribution in [-0.4, -0.2) is 18.2 Å². The molecule has 0 saturated carbocycles. The largest absolute Gasteiger partial charge is 0.482 e. The van der Waals surface area contributed by atoms with E-state index in [-0.39, 0.29) is 18.5 Å². The summed E-state index contributed by atoms with van der Waals surface area (Å²) in [6.07, 6.45) is 1.60. The summed E-state index contributed by atoms with van der Waals surface area (Å²) in [5.74, 6) is 0.626. The number of rotatable bonds is 9. The molecule has 0 atom stereocenters. The highest BCUT2D eigenvalue weighted by Gasteiger charge is 2.34. The van der Waals surface area contributed by atoms with Crippen molar-refractivity contribution in [2.45, 2.75) is 55.9 Å². The number of benzene rings is 2. The summed E-state index contributed by atoms with van der Waals surface area (Å²) in [7, 11) is 0. The van der Waals surface area contributed by atoms with Crippen LogP contribution in [0.4, 0.5) is 0 Å². The minimum Gasteiger partial charge on any atom is -0.482 e. The van der Waals surface area contributed by atoms with E-state index < -0.39 is 5.60 Å². The third-order valence-corrected chi connectivity index (χ3v) is 5.70. The topological polar surface area (TPSA) is 35.5 Å². The van der Waals surface area contributed by atoms with Gasteiger partial charge in [-0.3, -0.25) is 0 Å². The second kappa shape index (κ2) is 9.67. The van der Waals surface area contributed by atoms with Crippen molar-refractivity contribution in [3.05, 3.63) is 54.6 Å². The highest BCUT2D eigenvalue weighted by atomic mass is 32.2. The molecule has 0 aliphatic rings. The molecule has 2 aromatic carbocycles. The van der Waals surface area contributed by atoms with E-state index in [2.05, 4.69) is 39.8 Å². The van der Waals surface area contributed by atoms with E-state index in [9.17, 15) is 4.79 Å². The number of hydrogen-bond acceptors (Lipinski definition) is 4. The van der Waals surface area contributed by atoms with Crippen LogP contribution in [-0.2, 0) is 9.53 Å². The van der Waals surface area contributed by atoms with E-state index >= 15 is 0 Å². The van der Waals surface area contributed by atoms with Gasteiger partial charge in [0, 0.05) is 9.79 Å². The van der Waals surface area contributed by atoms with Gasteiger partial charge >= 0.3 is 5.97 Å². The normalized spacial score (nSPS) is 11.4. The monoisotopic (exact) mass is 372 g/mol. The SMILES string of the molecule is CCC(CC)(OC(=O)COc1cccc(Sc2ccccc2)c1)C(C)C. The average molecular weight is 373 g/mol. The van der Waals surface area contributed by atoms with Gasteiger partial charge in [0.15, 0.2) is 6.61 Å². The van der Waals surface area contributed by atoms with Gasteiger partial charge in [0.2, 0.25) is 0 Å². The van der Waals surface area contributed by atoms with Crippen LogP contribution < -0.4 is 4.74 Å². The Morgan fingerprint density at radius 2 is 1.65 bits per heavy atom. The highest BCUT2D eigenvalue weighted by molar-refractivity contribution is 7.99. The average Bonchev–Trinajstić information content (AvgIpc) is 2.65. The van der Waals surface area contributed by atoms with Gasteiger partial charge < -0.3 is 9.47 Å². The van der Waals surface area contributed by atoms with Gasteiger partial charge in [0.05, 0.1) is 0 Å². The summed E-state index contributed by atoms with van der Waals surface area (Å²) in [5, 5.41) is 0. The first-order valence-corrected chi connectivity index (χ1v) is 9.98. The molecule has 26 heavy (non-hydrogen) atoms. The Bertz CT molecular complexity index is 694. The minimum atomic E-state index is -0.411. The Kier molecular flexibility index (Phi) is 7.58. The van der Waals surface area contributed by atoms with Crippen molar-refractivity contribution in [2.75, 3.05) is 6.61 Å². The second-order valence-corrected chi connectivity index (χ2v) is 7.73. The van der Waals surface area contributed by atoms with Gasteiger partial charge in [-0.1, -0.05) is 63.7 Å². The van der Waals surface area contributed by atoms with Crippen molar-refractivity contribution in [1.29, 1.82) is 0 Å². The fraction of sp³-hybridized carbons (Fsp3) is 0.409. The lowest BCUT2D eigenvalue weighted by molar-refractivity contribution is -0.168. The molecule has 0 saturated heterocycles. The zero-order valence-electron chi connectivity index (χ0n) is 16.0. The predicted octanol–water partition coefficient (Wildman–Crippen LogP) is 5.97. The number of ether oxygens (including phenoxy) is 2. The zero-order valence-corrected chi connectivity index (χ0v) is 16.8. The Labute approximate surface area is 161 Å². The molecule has 0 bridgehead atoms. The number of esters is 1. The van der Waals surface area contributed by atoms with Crippen molar-refractivity contribution in [3.63, 3.8) is 0 Å². The lowest BCUT2D eigenvalue weighted by Crippen LogP contribution is -2.40. The molecule has 2 aromatic rings. The lowest BCUT2D eigenvalue weighted by Gasteiger charge is -2.35. The molecular formula is C22H28O3S. The van der Waals surface area contributed by atoms with E-state index in [4.69, 9.17) is 9.47 Å². The Hall–Kier alpha value is -1.94. The summed E-state index contributed by atoms with van der Waals surface area (Å²) < 4.78 is 11.4. The fourth-order valence-electron chi connectivity index (χ4n) is 2.98. The molecular weight excluding hydrogens is 344 g/mol. The third-order valence-electron chi connectivity index (χ3n) is 4.71. The molecule has 0 aliphatic heterocycles. The van der Waals surface area contributed by atoms with E-state index in [1.807, 2.05) is 42.5 Å². The van der Waals surface area contributed by atoms with Gasteiger partial charge in [-0.25, -0.2) is 4.79 Å². The van der Waals surface area contributed by atoms with Gasteiger partial charge in [-0.15, -0.1) is 0 Å². The first-order valence-electron chi connectivity index (χ1n) is 9.16. The van der Waals surface area contributed by atoms with Crippen LogP contribution >= 0.6 is 11.8 Å². The van der Waals surface area contributed by atoms with E-state index in [0.717, 1.165) is 22.6 Å². The molecule has 0 aliphatic carbocycles. The van der Waals surface area contributed by atoms with E-state index in [1.54, 1.807) is 11.8 Å². The molecule has 0 spiro atoms. The van der Waals surface area contributed by atoms with Gasteiger partial charge in [0.1, 0.15) is 11.4 Å². The molecule has 3 nitrogen and oxygen atoms in total. The second-order valence-electron chi connectivity index (χ2n) is 6.58. The standard InChI is InChI=1S/C22H28O3S/c1-5-22(6-2,17(3)4)25-21(23)16-24-18-11-10-14-20(15-18)26-19-12-8-7-9-13-19/h7-15,17H,5-6,16H2,1-4H3. The smallest absolute Gasteiger partial charge is 0.344 e. The Morgan fingerprint density at radius 1 is 1.00 bits per heavy atom. The maximum absolute atomic E-state index is 12.3. The number of carbonyl (C=O) groups is 1. The zero-order chi connectivity index (χ0) is 19.0. The summed E-state index contributed by atoms with van der Waals surface area (Å²) >= 11 is 1.66. The summed E-state index contributed by atoms with van der Waals surface area (Å²) in [5.41, 5.74) is -0.411. The van der Waals surface area contributed by atoms with Crippen LogP contribution in [0.1, 0.15) is 40.5 Å². The fourth-order valence-corrected chi connectivity index (χ4v) is 3.87. The molecule has 0 unspecified atom stereocenters. The number of hydrogen-bond donors (Lipinski definition) is 0. The van der Waals surface area contributed by atoms with Crippen LogP contribution in [0.15, 0.2) is 64.4 Å². The molecule has 2 rings (SSSR count). The lowest BCUT2D eigenvalue weighted by atomic mass is 9.85. The highest BCUT2D eigenvalue weighted by Crippen LogP contribution is 2.31. The molecule has 0 aromatic heterocycles. The van der Waals surface area contributed by atoms with Crippen molar-refractivity contribution < 1.29 is 14.3 Å². The minimum absolute atomic E-state index is 0.0755. The molecule has 0 radical (unpaired) electrons. The molecule has 140 valence electrons. The maximum Gasteiger partial charge on any atom is 0.344 e. The van der Waals surface area contributed by atoms with Crippen molar-refractivity contribution in [3.8, 4) is 5.75 Å². The molecule has 4 heteroatoms. The van der Waals surface area contributed by atoms with E-state index in [1.165, 1.54) is 0 Å². The van der Waals surface area contributed by atoms with Gasteiger partial charge in [-0.2, -0.15) is 0 Å². The van der Waals surface area contributed by atoms with Crippen LogP contribution in [0.5, 0.6) is 5.75 Å². The van der Waals surface area contributed by atoms with Crippen LogP contribution in [0.25, 0.3) is 0 Å². The first kappa shape index (κ1) is 20.4. The molecule has 0 N–H and O–H groups in total. The molecule has 0 heterocycles. The maximum atomic E-state index is 12.3. The summed E-state index contributed by atoms with van der Waals surface area (Å²) in [6.45, 7) is 8.22. The van der Waals surface area contributed by atoms with Crippen LogP contribution in [0.3, 0.4) is 0 Å². The predicted molar refractivity (Wildman–Crippen MR) is 107 cm³/mol. The van der Waals surface area contributed by atoms with Gasteiger partial charge in [-0.05, 0) is 49.1 Å². The number of carbonyl (C=O) groups excluding carboxylic acids is 1. The quantitative estimate of drug-likeness (QED) is 0.508. The molecule has 0 amide bonds. The van der Waals surface area contributed by atoms with Crippen molar-refractivity contribution in [2.24, 2.45) is 5.92 Å². The van der Waals surface area contributed by atoms with Gasteiger partial charge in [0.25, 0.3) is 0 Å². The van der Waals surface area contributed by atoms with E-state index in [0.29, 0.717) is 5.75 Å². The van der Waals surface area contributed by atoms with Crippen molar-refractivity contribution >= 4 is 17.7 Å². The summed E-state index contributed by atoms with van der Waals surface area (Å²) in [6, 6.07) is 17.9. The van der Waals surface area contributed by atoms with Crippen LogP contribution in [0.2, 0.25) is 0 Å². The summed E-state index contributed by atoms with van der Waals surface area (Å²) in [4.78, 5) is 14.5. The molecule has 0 fully saturated rings. The Balaban J connectivity index is 1.95. The first-order chi connectivity index (χ1) is 12.5. The Morgan fingerprint density at radius 3 is 2.27 bits per heavy atom. The third kappa shape index (κ3) is 5.53. The van der Waals surface area contributed by atoms with Crippen molar-refractivity contribution in [1.82, 2.24) is 0 Å².